The van der Waals surface area contributed by atoms with Crippen LogP contribution in [0.15, 0.2) is 53.3 Å². The number of benzene rings is 2. The molecule has 0 aliphatic carbocycles. The molecule has 0 atom stereocenters. The van der Waals surface area contributed by atoms with Gasteiger partial charge in [0, 0.05) is 17.1 Å². The van der Waals surface area contributed by atoms with E-state index in [-0.39, 0.29) is 0 Å². The fourth-order valence-corrected chi connectivity index (χ4v) is 4.08. The van der Waals surface area contributed by atoms with E-state index in [1.165, 1.54) is 33.0 Å². The molecule has 0 aliphatic heterocycles. The summed E-state index contributed by atoms with van der Waals surface area (Å²) in [5.74, 6) is 0. The van der Waals surface area contributed by atoms with Gasteiger partial charge in [0.1, 0.15) is 10.3 Å². The van der Waals surface area contributed by atoms with Gasteiger partial charge in [-0.15, -0.1) is 0 Å². The topological polar surface area (TPSA) is 17.3 Å². The standard InChI is InChI=1S/C20H17BrN2/c1-12-10-13(2)17(14(3)11-12)18-19(21)22-20-16-7-5-4-6-15(16)8-9-23(18)20/h4-11H,1-3H3. The Morgan fingerprint density at radius 2 is 1.65 bits per heavy atom. The molecule has 0 unspecified atom stereocenters. The number of hydrogen-bond donors (Lipinski definition) is 0. The maximum absolute atomic E-state index is 4.80. The van der Waals surface area contributed by atoms with Gasteiger partial charge in [-0.1, -0.05) is 42.0 Å². The number of fused-ring (bicyclic) bond motifs is 3. The highest BCUT2D eigenvalue weighted by Crippen LogP contribution is 2.36. The summed E-state index contributed by atoms with van der Waals surface area (Å²) in [6.07, 6.45) is 2.11. The van der Waals surface area contributed by atoms with Crippen LogP contribution in [-0.2, 0) is 0 Å². The van der Waals surface area contributed by atoms with E-state index in [9.17, 15) is 0 Å². The summed E-state index contributed by atoms with van der Waals surface area (Å²) in [7, 11) is 0. The number of imidazole rings is 1. The lowest BCUT2D eigenvalue weighted by molar-refractivity contribution is 1.19. The van der Waals surface area contributed by atoms with Crippen molar-refractivity contribution in [2.45, 2.75) is 20.8 Å². The molecule has 2 heterocycles. The predicted octanol–water partition coefficient (Wildman–Crippen LogP) is 5.84. The molecule has 2 aromatic carbocycles. The van der Waals surface area contributed by atoms with Crippen LogP contribution in [0.25, 0.3) is 27.7 Å². The van der Waals surface area contributed by atoms with Crippen LogP contribution in [0.4, 0.5) is 0 Å². The Labute approximate surface area is 143 Å². The van der Waals surface area contributed by atoms with Crippen LogP contribution < -0.4 is 0 Å². The van der Waals surface area contributed by atoms with E-state index in [2.05, 4.69) is 89.8 Å². The van der Waals surface area contributed by atoms with Gasteiger partial charge in [-0.3, -0.25) is 4.40 Å². The number of halogens is 1. The zero-order valence-corrected chi connectivity index (χ0v) is 15.0. The zero-order chi connectivity index (χ0) is 16.1. The molecule has 4 aromatic rings. The van der Waals surface area contributed by atoms with E-state index in [1.54, 1.807) is 0 Å². The molecular weight excluding hydrogens is 348 g/mol. The molecule has 2 nitrogen and oxygen atoms in total. The molecule has 0 saturated heterocycles. The SMILES string of the molecule is Cc1cc(C)c(-c2c(Br)nc3c4ccccc4ccn23)c(C)c1. The summed E-state index contributed by atoms with van der Waals surface area (Å²) in [6.45, 7) is 6.48. The van der Waals surface area contributed by atoms with Gasteiger partial charge in [0.2, 0.25) is 0 Å². The van der Waals surface area contributed by atoms with Crippen molar-refractivity contribution >= 4 is 32.3 Å². The first-order chi connectivity index (χ1) is 11.1. The lowest BCUT2D eigenvalue weighted by Gasteiger charge is -2.12. The number of nitrogens with zero attached hydrogens (tertiary/aromatic N) is 2. The van der Waals surface area contributed by atoms with Gasteiger partial charge in [-0.05, 0) is 59.3 Å². The highest BCUT2D eigenvalue weighted by Gasteiger charge is 2.17. The highest BCUT2D eigenvalue weighted by atomic mass is 79.9. The van der Waals surface area contributed by atoms with Gasteiger partial charge < -0.3 is 0 Å². The first kappa shape index (κ1) is 14.5. The molecule has 114 valence electrons. The van der Waals surface area contributed by atoms with Gasteiger partial charge in [0.15, 0.2) is 0 Å². The van der Waals surface area contributed by atoms with Gasteiger partial charge >= 0.3 is 0 Å². The second kappa shape index (κ2) is 5.20. The van der Waals surface area contributed by atoms with Crippen LogP contribution in [0.2, 0.25) is 0 Å². The minimum absolute atomic E-state index is 0.893. The van der Waals surface area contributed by atoms with Crippen molar-refractivity contribution in [1.29, 1.82) is 0 Å². The first-order valence-electron chi connectivity index (χ1n) is 7.70. The highest BCUT2D eigenvalue weighted by molar-refractivity contribution is 9.10. The molecule has 0 radical (unpaired) electrons. The number of aromatic nitrogens is 2. The van der Waals surface area contributed by atoms with Crippen molar-refractivity contribution in [3.8, 4) is 11.3 Å². The average molecular weight is 365 g/mol. The molecule has 0 saturated carbocycles. The van der Waals surface area contributed by atoms with Gasteiger partial charge in [0.25, 0.3) is 0 Å². The van der Waals surface area contributed by atoms with Gasteiger partial charge in [0.05, 0.1) is 5.69 Å². The fraction of sp³-hybridized carbons (Fsp3) is 0.150. The van der Waals surface area contributed by atoms with E-state index < -0.39 is 0 Å². The third-order valence-corrected chi connectivity index (χ3v) is 4.94. The zero-order valence-electron chi connectivity index (χ0n) is 13.4. The Hall–Kier alpha value is -2.13. The number of pyridine rings is 1. The van der Waals surface area contributed by atoms with Crippen LogP contribution in [0.5, 0.6) is 0 Å². The van der Waals surface area contributed by atoms with E-state index >= 15 is 0 Å². The van der Waals surface area contributed by atoms with Crippen molar-refractivity contribution < 1.29 is 0 Å². The number of aryl methyl sites for hydroxylation is 3. The molecule has 2 aromatic heterocycles. The van der Waals surface area contributed by atoms with Crippen molar-refractivity contribution in [2.75, 3.05) is 0 Å². The minimum atomic E-state index is 0.893. The van der Waals surface area contributed by atoms with Crippen LogP contribution in [-0.4, -0.2) is 9.38 Å². The maximum Gasteiger partial charge on any atom is 0.146 e. The lowest BCUT2D eigenvalue weighted by Crippen LogP contribution is -1.95. The Balaban J connectivity index is 2.13. The summed E-state index contributed by atoms with van der Waals surface area (Å²) in [5.41, 5.74) is 7.21. The normalized spacial score (nSPS) is 11.5. The first-order valence-corrected chi connectivity index (χ1v) is 8.49. The smallest absolute Gasteiger partial charge is 0.146 e. The van der Waals surface area contributed by atoms with Crippen molar-refractivity contribution in [3.05, 3.63) is 70.0 Å². The quantitative estimate of drug-likeness (QED) is 0.414. The molecule has 4 rings (SSSR count). The lowest BCUT2D eigenvalue weighted by atomic mass is 9.97. The third kappa shape index (κ3) is 2.19. The third-order valence-electron chi connectivity index (χ3n) is 4.39. The summed E-state index contributed by atoms with van der Waals surface area (Å²) >= 11 is 3.69. The number of hydrogen-bond acceptors (Lipinski definition) is 1. The van der Waals surface area contributed by atoms with Crippen molar-refractivity contribution in [3.63, 3.8) is 0 Å². The molecular formula is C20H17BrN2. The largest absolute Gasteiger partial charge is 0.298 e. The Kier molecular flexibility index (Phi) is 3.27. The summed E-state index contributed by atoms with van der Waals surface area (Å²) < 4.78 is 3.08. The summed E-state index contributed by atoms with van der Waals surface area (Å²) in [4.78, 5) is 4.80. The molecule has 0 bridgehead atoms. The van der Waals surface area contributed by atoms with E-state index in [4.69, 9.17) is 4.98 Å². The molecule has 0 aliphatic rings. The maximum atomic E-state index is 4.80. The molecule has 3 heteroatoms. The second-order valence-corrected chi connectivity index (χ2v) is 6.87. The minimum Gasteiger partial charge on any atom is -0.298 e. The van der Waals surface area contributed by atoms with Crippen LogP contribution in [0.1, 0.15) is 16.7 Å². The average Bonchev–Trinajstić information content (AvgIpc) is 2.83. The number of rotatable bonds is 1. The Morgan fingerprint density at radius 1 is 0.957 bits per heavy atom. The second-order valence-electron chi connectivity index (χ2n) is 6.12. The Bertz CT molecular complexity index is 1040. The Morgan fingerprint density at radius 3 is 2.39 bits per heavy atom. The van der Waals surface area contributed by atoms with Crippen molar-refractivity contribution in [1.82, 2.24) is 9.38 Å². The monoisotopic (exact) mass is 364 g/mol. The van der Waals surface area contributed by atoms with Gasteiger partial charge in [-0.25, -0.2) is 4.98 Å². The fourth-order valence-electron chi connectivity index (χ4n) is 3.52. The predicted molar refractivity (Wildman–Crippen MR) is 100 cm³/mol. The molecule has 0 fully saturated rings. The molecule has 0 spiro atoms. The summed E-state index contributed by atoms with van der Waals surface area (Å²) in [6, 6.07) is 15.0. The van der Waals surface area contributed by atoms with Crippen LogP contribution >= 0.6 is 15.9 Å². The van der Waals surface area contributed by atoms with E-state index in [1.807, 2.05) is 0 Å². The molecule has 23 heavy (non-hydrogen) atoms. The van der Waals surface area contributed by atoms with Crippen LogP contribution in [0, 0.1) is 20.8 Å². The molecule has 0 amide bonds. The van der Waals surface area contributed by atoms with Crippen molar-refractivity contribution in [2.24, 2.45) is 0 Å². The van der Waals surface area contributed by atoms with Gasteiger partial charge in [-0.2, -0.15) is 0 Å². The van der Waals surface area contributed by atoms with Crippen LogP contribution in [0.3, 0.4) is 0 Å². The molecule has 0 N–H and O–H groups in total. The van der Waals surface area contributed by atoms with E-state index in [0.717, 1.165) is 15.9 Å². The summed E-state index contributed by atoms with van der Waals surface area (Å²) in [5, 5.41) is 2.38. The van der Waals surface area contributed by atoms with E-state index in [0.29, 0.717) is 0 Å².